The predicted molar refractivity (Wildman–Crippen MR) is 104 cm³/mol. The molecule has 0 aliphatic rings. The van der Waals surface area contributed by atoms with Crippen molar-refractivity contribution in [1.82, 2.24) is 9.62 Å². The second kappa shape index (κ2) is 8.47. The van der Waals surface area contributed by atoms with Crippen LogP contribution in [-0.4, -0.2) is 39.3 Å². The molecule has 140 valence electrons. The fourth-order valence-electron chi connectivity index (χ4n) is 2.75. The van der Waals surface area contributed by atoms with E-state index in [0.29, 0.717) is 18.0 Å². The molecular weight excluding hydrogens is 348 g/mol. The van der Waals surface area contributed by atoms with Crippen molar-refractivity contribution in [3.05, 3.63) is 65.7 Å². The first-order valence-corrected chi connectivity index (χ1v) is 10.0. The third kappa shape index (κ3) is 4.71. The van der Waals surface area contributed by atoms with Crippen LogP contribution in [0.5, 0.6) is 0 Å². The van der Waals surface area contributed by atoms with Crippen molar-refractivity contribution in [3.63, 3.8) is 0 Å². The molecule has 1 atom stereocenters. The van der Waals surface area contributed by atoms with Crippen LogP contribution >= 0.6 is 0 Å². The number of amides is 1. The lowest BCUT2D eigenvalue weighted by atomic mass is 9.88. The van der Waals surface area contributed by atoms with Crippen molar-refractivity contribution in [2.24, 2.45) is 5.92 Å². The molecule has 0 aliphatic carbocycles. The number of carbonyl (C=O) groups is 1. The van der Waals surface area contributed by atoms with Gasteiger partial charge in [0.05, 0.1) is 4.90 Å². The fourth-order valence-corrected chi connectivity index (χ4v) is 3.70. The van der Waals surface area contributed by atoms with Gasteiger partial charge in [0.1, 0.15) is 0 Å². The summed E-state index contributed by atoms with van der Waals surface area (Å²) in [5.74, 6) is 0.273. The zero-order valence-corrected chi connectivity index (χ0v) is 16.5. The highest BCUT2D eigenvalue weighted by Gasteiger charge is 2.20. The molecule has 0 saturated carbocycles. The van der Waals surface area contributed by atoms with E-state index in [-0.39, 0.29) is 16.7 Å². The van der Waals surface area contributed by atoms with E-state index >= 15 is 0 Å². The molecular formula is C20H26N2O3S. The maximum Gasteiger partial charge on any atom is 0.251 e. The normalized spacial score (nSPS) is 13.0. The summed E-state index contributed by atoms with van der Waals surface area (Å²) in [5, 5.41) is 2.94. The van der Waals surface area contributed by atoms with Crippen LogP contribution < -0.4 is 5.32 Å². The Morgan fingerprint density at radius 2 is 1.69 bits per heavy atom. The molecule has 0 heterocycles. The van der Waals surface area contributed by atoms with Crippen molar-refractivity contribution in [2.45, 2.75) is 24.7 Å². The topological polar surface area (TPSA) is 66.5 Å². The van der Waals surface area contributed by atoms with Gasteiger partial charge in [0.25, 0.3) is 5.91 Å². The highest BCUT2D eigenvalue weighted by molar-refractivity contribution is 7.89. The SMILES string of the molecule is CC(C)C(CNC(=O)c1cccc(S(=O)(=O)N(C)C)c1)c1ccccc1. The van der Waals surface area contributed by atoms with Crippen molar-refractivity contribution in [3.8, 4) is 0 Å². The number of nitrogens with one attached hydrogen (secondary N) is 1. The van der Waals surface area contributed by atoms with Gasteiger partial charge in [-0.25, -0.2) is 12.7 Å². The Bertz CT molecular complexity index is 846. The number of sulfonamides is 1. The van der Waals surface area contributed by atoms with Gasteiger partial charge in [0.2, 0.25) is 10.0 Å². The van der Waals surface area contributed by atoms with E-state index in [2.05, 4.69) is 31.3 Å². The van der Waals surface area contributed by atoms with Crippen LogP contribution in [0.15, 0.2) is 59.5 Å². The molecule has 2 rings (SSSR count). The summed E-state index contributed by atoms with van der Waals surface area (Å²) in [6.45, 7) is 4.73. The van der Waals surface area contributed by atoms with Crippen LogP contribution in [0, 0.1) is 5.92 Å². The Morgan fingerprint density at radius 1 is 1.04 bits per heavy atom. The first kappa shape index (κ1) is 20.1. The molecule has 1 unspecified atom stereocenters. The highest BCUT2D eigenvalue weighted by atomic mass is 32.2. The van der Waals surface area contributed by atoms with Crippen LogP contribution in [0.3, 0.4) is 0 Å². The molecule has 0 saturated heterocycles. The van der Waals surface area contributed by atoms with Crippen LogP contribution in [-0.2, 0) is 10.0 Å². The summed E-state index contributed by atoms with van der Waals surface area (Å²) in [6, 6.07) is 16.2. The Kier molecular flexibility index (Phi) is 6.56. The molecule has 0 aliphatic heterocycles. The zero-order chi connectivity index (χ0) is 19.3. The molecule has 0 spiro atoms. The average molecular weight is 375 g/mol. The lowest BCUT2D eigenvalue weighted by Gasteiger charge is -2.22. The van der Waals surface area contributed by atoms with Crippen LogP contribution in [0.4, 0.5) is 0 Å². The quantitative estimate of drug-likeness (QED) is 0.810. The second-order valence-corrected chi connectivity index (χ2v) is 8.94. The maximum atomic E-state index is 12.5. The van der Waals surface area contributed by atoms with E-state index in [1.807, 2.05) is 18.2 Å². The molecule has 0 radical (unpaired) electrons. The molecule has 0 fully saturated rings. The van der Waals surface area contributed by atoms with Gasteiger partial charge in [-0.05, 0) is 29.7 Å². The van der Waals surface area contributed by atoms with Crippen LogP contribution in [0.2, 0.25) is 0 Å². The number of hydrogen-bond acceptors (Lipinski definition) is 3. The smallest absolute Gasteiger partial charge is 0.251 e. The van der Waals surface area contributed by atoms with Gasteiger partial charge in [-0.15, -0.1) is 0 Å². The Hall–Kier alpha value is -2.18. The van der Waals surface area contributed by atoms with Gasteiger partial charge in [-0.2, -0.15) is 0 Å². The summed E-state index contributed by atoms with van der Waals surface area (Å²) in [6.07, 6.45) is 0. The van der Waals surface area contributed by atoms with E-state index in [9.17, 15) is 13.2 Å². The van der Waals surface area contributed by atoms with E-state index in [4.69, 9.17) is 0 Å². The summed E-state index contributed by atoms with van der Waals surface area (Å²) < 4.78 is 25.6. The van der Waals surface area contributed by atoms with Gasteiger partial charge < -0.3 is 5.32 Å². The molecule has 1 amide bonds. The minimum Gasteiger partial charge on any atom is -0.351 e. The summed E-state index contributed by atoms with van der Waals surface area (Å²) in [4.78, 5) is 12.6. The largest absolute Gasteiger partial charge is 0.351 e. The Balaban J connectivity index is 2.15. The molecule has 1 N–H and O–H groups in total. The summed E-state index contributed by atoms with van der Waals surface area (Å²) in [7, 11) is -0.632. The van der Waals surface area contributed by atoms with Crippen LogP contribution in [0.25, 0.3) is 0 Å². The van der Waals surface area contributed by atoms with Gasteiger partial charge >= 0.3 is 0 Å². The highest BCUT2D eigenvalue weighted by Crippen LogP contribution is 2.23. The van der Waals surface area contributed by atoms with Crippen LogP contribution in [0.1, 0.15) is 35.7 Å². The number of benzene rings is 2. The number of hydrogen-bond donors (Lipinski definition) is 1. The monoisotopic (exact) mass is 374 g/mol. The van der Waals surface area contributed by atoms with Crippen molar-refractivity contribution >= 4 is 15.9 Å². The molecule has 5 nitrogen and oxygen atoms in total. The summed E-state index contributed by atoms with van der Waals surface area (Å²) in [5.41, 5.74) is 1.51. The molecule has 6 heteroatoms. The van der Waals surface area contributed by atoms with Gasteiger partial charge in [0.15, 0.2) is 0 Å². The average Bonchev–Trinajstić information content (AvgIpc) is 2.62. The van der Waals surface area contributed by atoms with Crippen molar-refractivity contribution in [1.29, 1.82) is 0 Å². The maximum absolute atomic E-state index is 12.5. The lowest BCUT2D eigenvalue weighted by molar-refractivity contribution is 0.0949. The molecule has 2 aromatic rings. The first-order chi connectivity index (χ1) is 12.2. The van der Waals surface area contributed by atoms with Crippen molar-refractivity contribution < 1.29 is 13.2 Å². The first-order valence-electron chi connectivity index (χ1n) is 8.59. The van der Waals surface area contributed by atoms with E-state index in [1.54, 1.807) is 12.1 Å². The number of rotatable bonds is 7. The minimum absolute atomic E-state index is 0.110. The summed E-state index contributed by atoms with van der Waals surface area (Å²) >= 11 is 0. The predicted octanol–water partition coefficient (Wildman–Crippen LogP) is 3.11. The van der Waals surface area contributed by atoms with Gasteiger partial charge in [0, 0.05) is 32.1 Å². The Labute approximate surface area is 156 Å². The van der Waals surface area contributed by atoms with Gasteiger partial charge in [-0.1, -0.05) is 50.2 Å². The Morgan fingerprint density at radius 3 is 2.27 bits per heavy atom. The lowest BCUT2D eigenvalue weighted by Crippen LogP contribution is -2.30. The second-order valence-electron chi connectivity index (χ2n) is 6.79. The molecule has 0 aromatic heterocycles. The zero-order valence-electron chi connectivity index (χ0n) is 15.6. The standard InChI is InChI=1S/C20H26N2O3S/c1-15(2)19(16-9-6-5-7-10-16)14-21-20(23)17-11-8-12-18(13-17)26(24,25)22(3)4/h5-13,15,19H,14H2,1-4H3,(H,21,23). The molecule has 0 bridgehead atoms. The van der Waals surface area contributed by atoms with E-state index < -0.39 is 10.0 Å². The molecule has 26 heavy (non-hydrogen) atoms. The number of carbonyl (C=O) groups excluding carboxylic acids is 1. The third-order valence-corrected chi connectivity index (χ3v) is 6.20. The minimum atomic E-state index is -3.57. The van der Waals surface area contributed by atoms with Crippen molar-refractivity contribution in [2.75, 3.05) is 20.6 Å². The van der Waals surface area contributed by atoms with Gasteiger partial charge in [-0.3, -0.25) is 4.79 Å². The number of nitrogens with zero attached hydrogens (tertiary/aromatic N) is 1. The molecule has 2 aromatic carbocycles. The van der Waals surface area contributed by atoms with E-state index in [0.717, 1.165) is 4.31 Å². The van der Waals surface area contributed by atoms with E-state index in [1.165, 1.54) is 31.8 Å². The third-order valence-electron chi connectivity index (χ3n) is 4.39. The fraction of sp³-hybridized carbons (Fsp3) is 0.350.